The van der Waals surface area contributed by atoms with Crippen LogP contribution in [0.3, 0.4) is 0 Å². The van der Waals surface area contributed by atoms with Gasteiger partial charge in [-0.2, -0.15) is 5.10 Å². The van der Waals surface area contributed by atoms with E-state index in [1.54, 1.807) is 11.0 Å². The maximum atomic E-state index is 14.4. The van der Waals surface area contributed by atoms with Gasteiger partial charge in [-0.1, -0.05) is 23.7 Å². The number of amides is 1. The van der Waals surface area contributed by atoms with Crippen molar-refractivity contribution in [1.29, 1.82) is 0 Å². The van der Waals surface area contributed by atoms with Crippen LogP contribution in [0.2, 0.25) is 5.02 Å². The largest absolute Gasteiger partial charge is 0.487 e. The maximum Gasteiger partial charge on any atom is 0.249 e. The molecule has 1 saturated heterocycles. The molecule has 37 heavy (non-hydrogen) atoms. The van der Waals surface area contributed by atoms with Gasteiger partial charge in [-0.15, -0.1) is 0 Å². The Kier molecular flexibility index (Phi) is 6.83. The average Bonchev–Trinajstić information content (AvgIpc) is 3.29. The third-order valence-corrected chi connectivity index (χ3v) is 6.79. The van der Waals surface area contributed by atoms with E-state index in [2.05, 4.69) is 10.1 Å². The highest BCUT2D eigenvalue weighted by Gasteiger charge is 2.30. The van der Waals surface area contributed by atoms with Crippen LogP contribution in [-0.4, -0.2) is 44.8 Å². The molecule has 1 aliphatic rings. The quantitative estimate of drug-likeness (QED) is 0.329. The number of aryl methyl sites for hydroxylation is 1. The van der Waals surface area contributed by atoms with Crippen molar-refractivity contribution in [1.82, 2.24) is 19.7 Å². The minimum Gasteiger partial charge on any atom is -0.487 e. The number of ether oxygens (including phenoxy) is 2. The summed E-state index contributed by atoms with van der Waals surface area (Å²) in [6.45, 7) is 5.94. The lowest BCUT2D eigenvalue weighted by molar-refractivity contribution is -0.150. The molecule has 0 saturated carbocycles. The Morgan fingerprint density at radius 1 is 1.24 bits per heavy atom. The van der Waals surface area contributed by atoms with Gasteiger partial charge in [-0.3, -0.25) is 4.79 Å². The van der Waals surface area contributed by atoms with E-state index in [9.17, 15) is 13.6 Å². The number of benzene rings is 2. The van der Waals surface area contributed by atoms with Crippen molar-refractivity contribution in [3.05, 3.63) is 82.3 Å². The molecular weight excluding hydrogens is 502 g/mol. The highest BCUT2D eigenvalue weighted by molar-refractivity contribution is 6.31. The van der Waals surface area contributed by atoms with Crippen LogP contribution < -0.4 is 4.74 Å². The van der Waals surface area contributed by atoms with Crippen LogP contribution >= 0.6 is 11.6 Å². The Balaban J connectivity index is 1.50. The highest BCUT2D eigenvalue weighted by Crippen LogP contribution is 2.34. The Labute approximate surface area is 217 Å². The lowest BCUT2D eigenvalue weighted by atomic mass is 9.99. The predicted molar refractivity (Wildman–Crippen MR) is 135 cm³/mol. The van der Waals surface area contributed by atoms with E-state index in [1.165, 1.54) is 23.0 Å². The molecule has 0 aliphatic carbocycles. The smallest absolute Gasteiger partial charge is 0.249 e. The van der Waals surface area contributed by atoms with Crippen LogP contribution in [-0.2, 0) is 16.1 Å². The molecule has 7 nitrogen and oxygen atoms in total. The van der Waals surface area contributed by atoms with Crippen molar-refractivity contribution >= 4 is 28.4 Å². The Morgan fingerprint density at radius 2 is 2.05 bits per heavy atom. The second-order valence-corrected chi connectivity index (χ2v) is 9.53. The number of aromatic nitrogens is 3. The van der Waals surface area contributed by atoms with E-state index in [0.29, 0.717) is 40.3 Å². The van der Waals surface area contributed by atoms with Gasteiger partial charge in [0.1, 0.15) is 30.3 Å². The summed E-state index contributed by atoms with van der Waals surface area (Å²) in [6, 6.07) is 9.43. The zero-order valence-corrected chi connectivity index (χ0v) is 21.3. The van der Waals surface area contributed by atoms with Gasteiger partial charge < -0.3 is 14.4 Å². The Bertz CT molecular complexity index is 1490. The van der Waals surface area contributed by atoms with Crippen LogP contribution in [0, 0.1) is 18.6 Å². The summed E-state index contributed by atoms with van der Waals surface area (Å²) < 4.78 is 41.2. The number of pyridine rings is 1. The first-order chi connectivity index (χ1) is 17.7. The molecule has 0 bridgehead atoms. The normalized spacial score (nSPS) is 16.9. The Morgan fingerprint density at radius 3 is 2.81 bits per heavy atom. The number of hydrogen-bond acceptors (Lipinski definition) is 5. The first-order valence-electron chi connectivity index (χ1n) is 11.8. The second kappa shape index (κ2) is 10.1. The number of fused-ring (bicyclic) bond motifs is 1. The van der Waals surface area contributed by atoms with E-state index >= 15 is 0 Å². The summed E-state index contributed by atoms with van der Waals surface area (Å²) in [7, 11) is 0. The SMILES string of the molecule is Cc1cc(-n2cc(F)cn2)c2cccc(OCc3c(Cl)cc(F)cc3[C@H](C)N3C[C@H](C)OCC3=O)c2n1. The van der Waals surface area contributed by atoms with Crippen molar-refractivity contribution < 1.29 is 23.0 Å². The van der Waals surface area contributed by atoms with Crippen molar-refractivity contribution in [2.45, 2.75) is 39.5 Å². The molecule has 4 aromatic rings. The summed E-state index contributed by atoms with van der Waals surface area (Å²) in [6.07, 6.45) is 2.30. The van der Waals surface area contributed by atoms with Crippen molar-refractivity contribution in [3.8, 4) is 11.4 Å². The van der Waals surface area contributed by atoms with Crippen LogP contribution in [0.15, 0.2) is 48.8 Å². The zero-order valence-electron chi connectivity index (χ0n) is 20.5. The van der Waals surface area contributed by atoms with Gasteiger partial charge >= 0.3 is 0 Å². The topological polar surface area (TPSA) is 69.5 Å². The van der Waals surface area contributed by atoms with E-state index in [-0.39, 0.29) is 30.2 Å². The zero-order chi connectivity index (χ0) is 26.3. The molecule has 3 heterocycles. The number of nitrogens with zero attached hydrogens (tertiary/aromatic N) is 4. The van der Waals surface area contributed by atoms with Crippen molar-refractivity contribution in [2.75, 3.05) is 13.2 Å². The predicted octanol–water partition coefficient (Wildman–Crippen LogP) is 5.55. The van der Waals surface area contributed by atoms with Crippen LogP contribution in [0.25, 0.3) is 16.6 Å². The van der Waals surface area contributed by atoms with Gasteiger partial charge in [0.25, 0.3) is 0 Å². The summed E-state index contributed by atoms with van der Waals surface area (Å²) in [4.78, 5) is 18.9. The van der Waals surface area contributed by atoms with Crippen molar-refractivity contribution in [3.63, 3.8) is 0 Å². The molecule has 0 unspecified atom stereocenters. The third-order valence-electron chi connectivity index (χ3n) is 6.46. The van der Waals surface area contributed by atoms with Gasteiger partial charge in [0, 0.05) is 23.2 Å². The number of para-hydroxylation sites is 1. The summed E-state index contributed by atoms with van der Waals surface area (Å²) in [5.74, 6) is -0.641. The van der Waals surface area contributed by atoms with Crippen LogP contribution in [0.4, 0.5) is 8.78 Å². The molecule has 2 aromatic carbocycles. The van der Waals surface area contributed by atoms with E-state index in [1.807, 2.05) is 39.0 Å². The molecule has 2 aromatic heterocycles. The first-order valence-corrected chi connectivity index (χ1v) is 12.2. The molecule has 10 heteroatoms. The summed E-state index contributed by atoms with van der Waals surface area (Å²) >= 11 is 6.49. The first kappa shape index (κ1) is 25.1. The lowest BCUT2D eigenvalue weighted by Gasteiger charge is -2.36. The fourth-order valence-electron chi connectivity index (χ4n) is 4.64. The van der Waals surface area contributed by atoms with E-state index in [0.717, 1.165) is 11.6 Å². The summed E-state index contributed by atoms with van der Waals surface area (Å²) in [5.41, 5.74) is 3.05. The minimum atomic E-state index is -0.497. The number of carbonyl (C=O) groups is 1. The van der Waals surface area contributed by atoms with Gasteiger partial charge in [0.2, 0.25) is 5.91 Å². The van der Waals surface area contributed by atoms with E-state index < -0.39 is 17.7 Å². The summed E-state index contributed by atoms with van der Waals surface area (Å²) in [5, 5.41) is 5.01. The third kappa shape index (κ3) is 5.01. The van der Waals surface area contributed by atoms with Gasteiger partial charge in [0.05, 0.1) is 35.2 Å². The number of morpholine rings is 1. The fraction of sp³-hybridized carbons (Fsp3) is 0.296. The van der Waals surface area contributed by atoms with Gasteiger partial charge in [0.15, 0.2) is 5.82 Å². The van der Waals surface area contributed by atoms with Crippen molar-refractivity contribution in [2.24, 2.45) is 0 Å². The standard InChI is InChI=1S/C27H25ClF2N4O3/c1-15-7-24(34-12-19(30)10-31-34)20-5-4-6-25(27(20)32-15)37-13-22-21(8-18(29)9-23(22)28)17(3)33-11-16(2)36-14-26(33)35/h4-10,12,16-17H,11,13-14H2,1-3H3/t16-,17-/m0/s1. The van der Waals surface area contributed by atoms with Gasteiger partial charge in [-0.05, 0) is 50.6 Å². The fourth-order valence-corrected chi connectivity index (χ4v) is 4.90. The second-order valence-electron chi connectivity index (χ2n) is 9.13. The molecule has 192 valence electrons. The van der Waals surface area contributed by atoms with Gasteiger partial charge in [-0.25, -0.2) is 18.4 Å². The molecule has 1 aliphatic heterocycles. The molecule has 0 radical (unpaired) electrons. The average molecular weight is 527 g/mol. The number of carbonyl (C=O) groups excluding carboxylic acids is 1. The molecule has 2 atom stereocenters. The number of halogens is 3. The van der Waals surface area contributed by atoms with Crippen LogP contribution in [0.1, 0.15) is 36.7 Å². The monoisotopic (exact) mass is 526 g/mol. The lowest BCUT2D eigenvalue weighted by Crippen LogP contribution is -2.46. The molecule has 1 fully saturated rings. The molecule has 0 N–H and O–H groups in total. The molecule has 0 spiro atoms. The van der Waals surface area contributed by atoms with Crippen LogP contribution in [0.5, 0.6) is 5.75 Å². The highest BCUT2D eigenvalue weighted by atomic mass is 35.5. The number of rotatable bonds is 6. The Hall–Kier alpha value is -3.56. The minimum absolute atomic E-state index is 0.0212. The molecule has 1 amide bonds. The maximum absolute atomic E-state index is 14.4. The van der Waals surface area contributed by atoms with E-state index in [4.69, 9.17) is 21.1 Å². The number of hydrogen-bond donors (Lipinski definition) is 0. The molecule has 5 rings (SSSR count). The molecular formula is C27H25ClF2N4O3.